The predicted octanol–water partition coefficient (Wildman–Crippen LogP) is 3.80. The van der Waals surface area contributed by atoms with Gasteiger partial charge in [0.25, 0.3) is 0 Å². The summed E-state index contributed by atoms with van der Waals surface area (Å²) in [4.78, 5) is 17.2. The summed E-state index contributed by atoms with van der Waals surface area (Å²) >= 11 is 0. The lowest BCUT2D eigenvalue weighted by molar-refractivity contribution is -0.121. The van der Waals surface area contributed by atoms with Gasteiger partial charge in [0.1, 0.15) is 0 Å². The molecule has 0 saturated carbocycles. The molecule has 1 amide bonds. The summed E-state index contributed by atoms with van der Waals surface area (Å²) in [5.41, 5.74) is 2.62. The van der Waals surface area contributed by atoms with E-state index in [-0.39, 0.29) is 11.8 Å². The number of hydrogen-bond acceptors (Lipinski definition) is 5. The van der Waals surface area contributed by atoms with E-state index in [1.54, 1.807) is 0 Å². The topological polar surface area (TPSA) is 61.4 Å². The smallest absolute Gasteiger partial charge is 0.228 e. The molecule has 0 radical (unpaired) electrons. The van der Waals surface area contributed by atoms with E-state index in [1.807, 2.05) is 30.3 Å². The molecule has 1 aromatic heterocycles. The molecule has 6 heteroatoms. The van der Waals surface area contributed by atoms with Crippen molar-refractivity contribution in [2.45, 2.75) is 38.5 Å². The van der Waals surface area contributed by atoms with E-state index in [4.69, 9.17) is 0 Å². The van der Waals surface area contributed by atoms with Crippen LogP contribution in [-0.4, -0.2) is 54.2 Å². The van der Waals surface area contributed by atoms with Crippen molar-refractivity contribution in [3.8, 4) is 11.3 Å². The Morgan fingerprint density at radius 2 is 1.83 bits per heavy atom. The first-order chi connectivity index (χ1) is 14.2. The van der Waals surface area contributed by atoms with Gasteiger partial charge in [0.2, 0.25) is 5.91 Å². The quantitative estimate of drug-likeness (QED) is 0.856. The standard InChI is InChI=1S/C23H31N5O/c1-27-13-7-9-19(17-27)23(29)24-20-10-6-8-18(16-20)21-11-12-22(26-25-21)28-14-4-2-3-5-15-28/h6,8,10-12,16,19H,2-5,7,9,13-15,17H2,1H3,(H,24,29). The second-order valence-electron chi connectivity index (χ2n) is 8.35. The summed E-state index contributed by atoms with van der Waals surface area (Å²) in [6.07, 6.45) is 7.09. The minimum Gasteiger partial charge on any atom is -0.355 e. The molecule has 0 bridgehead atoms. The Morgan fingerprint density at radius 3 is 2.55 bits per heavy atom. The number of likely N-dealkylation sites (tertiary alicyclic amines) is 1. The molecule has 29 heavy (non-hydrogen) atoms. The number of nitrogens with one attached hydrogen (secondary N) is 1. The fourth-order valence-electron chi connectivity index (χ4n) is 4.33. The number of rotatable bonds is 4. The Hall–Kier alpha value is -2.47. The van der Waals surface area contributed by atoms with Crippen molar-refractivity contribution in [2.24, 2.45) is 5.92 Å². The molecule has 0 aliphatic carbocycles. The van der Waals surface area contributed by atoms with Gasteiger partial charge in [-0.2, -0.15) is 0 Å². The average molecular weight is 394 g/mol. The lowest BCUT2D eigenvalue weighted by atomic mass is 9.97. The van der Waals surface area contributed by atoms with Crippen LogP contribution in [0.5, 0.6) is 0 Å². The average Bonchev–Trinajstić information content (AvgIpc) is 3.04. The van der Waals surface area contributed by atoms with Gasteiger partial charge < -0.3 is 15.1 Å². The van der Waals surface area contributed by atoms with Crippen LogP contribution >= 0.6 is 0 Å². The molecular formula is C23H31N5O. The third-order valence-corrected chi connectivity index (χ3v) is 6.00. The van der Waals surface area contributed by atoms with Crippen molar-refractivity contribution in [3.63, 3.8) is 0 Å². The van der Waals surface area contributed by atoms with E-state index in [0.717, 1.165) is 61.8 Å². The first-order valence-corrected chi connectivity index (χ1v) is 10.9. The van der Waals surface area contributed by atoms with Crippen LogP contribution < -0.4 is 10.2 Å². The number of hydrogen-bond donors (Lipinski definition) is 1. The third kappa shape index (κ3) is 5.12. The second-order valence-corrected chi connectivity index (χ2v) is 8.35. The third-order valence-electron chi connectivity index (χ3n) is 6.00. The van der Waals surface area contributed by atoms with Gasteiger partial charge in [-0.1, -0.05) is 25.0 Å². The van der Waals surface area contributed by atoms with Crippen molar-refractivity contribution in [3.05, 3.63) is 36.4 Å². The summed E-state index contributed by atoms with van der Waals surface area (Å²) < 4.78 is 0. The summed E-state index contributed by atoms with van der Waals surface area (Å²) in [7, 11) is 2.08. The molecule has 1 unspecified atom stereocenters. The van der Waals surface area contributed by atoms with Crippen LogP contribution in [0.1, 0.15) is 38.5 Å². The number of amides is 1. The fraction of sp³-hybridized carbons (Fsp3) is 0.522. The Bertz CT molecular complexity index is 814. The summed E-state index contributed by atoms with van der Waals surface area (Å²) in [5.74, 6) is 1.13. The molecule has 1 atom stereocenters. The van der Waals surface area contributed by atoms with Gasteiger partial charge in [-0.3, -0.25) is 4.79 Å². The highest BCUT2D eigenvalue weighted by Crippen LogP contribution is 2.24. The summed E-state index contributed by atoms with van der Waals surface area (Å²) in [6, 6.07) is 12.0. The van der Waals surface area contributed by atoms with Gasteiger partial charge >= 0.3 is 0 Å². The van der Waals surface area contributed by atoms with E-state index < -0.39 is 0 Å². The van der Waals surface area contributed by atoms with E-state index >= 15 is 0 Å². The van der Waals surface area contributed by atoms with Crippen LogP contribution in [-0.2, 0) is 4.79 Å². The summed E-state index contributed by atoms with van der Waals surface area (Å²) in [6.45, 7) is 4.03. The number of carbonyl (C=O) groups excluding carboxylic acids is 1. The largest absolute Gasteiger partial charge is 0.355 e. The molecule has 1 aromatic carbocycles. The molecule has 154 valence electrons. The zero-order chi connectivity index (χ0) is 20.1. The van der Waals surface area contributed by atoms with Gasteiger partial charge in [0, 0.05) is 30.9 Å². The van der Waals surface area contributed by atoms with Gasteiger partial charge in [0.05, 0.1) is 11.6 Å². The van der Waals surface area contributed by atoms with Crippen LogP contribution in [0.2, 0.25) is 0 Å². The zero-order valence-corrected chi connectivity index (χ0v) is 17.3. The molecule has 6 nitrogen and oxygen atoms in total. The van der Waals surface area contributed by atoms with Gasteiger partial charge in [0.15, 0.2) is 5.82 Å². The first-order valence-electron chi connectivity index (χ1n) is 10.9. The molecule has 1 N–H and O–H groups in total. The van der Waals surface area contributed by atoms with Crippen molar-refractivity contribution >= 4 is 17.4 Å². The molecule has 0 spiro atoms. The second kappa shape index (κ2) is 9.35. The molecule has 2 aliphatic heterocycles. The number of aromatic nitrogens is 2. The van der Waals surface area contributed by atoms with E-state index in [2.05, 4.69) is 38.4 Å². The highest BCUT2D eigenvalue weighted by molar-refractivity contribution is 5.93. The Kier molecular flexibility index (Phi) is 6.39. The SMILES string of the molecule is CN1CCCC(C(=O)Nc2cccc(-c3ccc(N4CCCCCC4)nn3)c2)C1. The van der Waals surface area contributed by atoms with Gasteiger partial charge in [-0.25, -0.2) is 0 Å². The maximum Gasteiger partial charge on any atom is 0.228 e. The van der Waals surface area contributed by atoms with Crippen LogP contribution in [0.15, 0.2) is 36.4 Å². The van der Waals surface area contributed by atoms with Crippen molar-refractivity contribution in [1.82, 2.24) is 15.1 Å². The van der Waals surface area contributed by atoms with E-state index in [9.17, 15) is 4.79 Å². The van der Waals surface area contributed by atoms with Crippen LogP contribution in [0.25, 0.3) is 11.3 Å². The van der Waals surface area contributed by atoms with Crippen LogP contribution in [0, 0.1) is 5.92 Å². The Morgan fingerprint density at radius 1 is 1.00 bits per heavy atom. The molecule has 2 aromatic rings. The zero-order valence-electron chi connectivity index (χ0n) is 17.3. The highest BCUT2D eigenvalue weighted by atomic mass is 16.1. The fourth-order valence-corrected chi connectivity index (χ4v) is 4.33. The monoisotopic (exact) mass is 393 g/mol. The van der Waals surface area contributed by atoms with Crippen LogP contribution in [0.3, 0.4) is 0 Å². The molecule has 2 aliphatic rings. The highest BCUT2D eigenvalue weighted by Gasteiger charge is 2.24. The maximum absolute atomic E-state index is 12.6. The number of nitrogens with zero attached hydrogens (tertiary/aromatic N) is 4. The first kappa shape index (κ1) is 19.8. The molecular weight excluding hydrogens is 362 g/mol. The summed E-state index contributed by atoms with van der Waals surface area (Å²) in [5, 5.41) is 12.0. The predicted molar refractivity (Wildman–Crippen MR) is 117 cm³/mol. The minimum absolute atomic E-state index is 0.0603. The lowest BCUT2D eigenvalue weighted by Gasteiger charge is -2.28. The molecule has 2 saturated heterocycles. The molecule has 3 heterocycles. The number of piperidine rings is 1. The molecule has 4 rings (SSSR count). The van der Waals surface area contributed by atoms with E-state index in [0.29, 0.717) is 0 Å². The lowest BCUT2D eigenvalue weighted by Crippen LogP contribution is -2.38. The number of carbonyl (C=O) groups is 1. The minimum atomic E-state index is 0.0603. The van der Waals surface area contributed by atoms with Crippen molar-refractivity contribution in [2.75, 3.05) is 43.4 Å². The van der Waals surface area contributed by atoms with Crippen molar-refractivity contribution in [1.29, 1.82) is 0 Å². The maximum atomic E-state index is 12.6. The number of benzene rings is 1. The van der Waals surface area contributed by atoms with Gasteiger partial charge in [-0.15, -0.1) is 10.2 Å². The van der Waals surface area contributed by atoms with Crippen molar-refractivity contribution < 1.29 is 4.79 Å². The van der Waals surface area contributed by atoms with Crippen LogP contribution in [0.4, 0.5) is 11.5 Å². The molecule has 2 fully saturated rings. The van der Waals surface area contributed by atoms with E-state index in [1.165, 1.54) is 25.7 Å². The number of anilines is 2. The van der Waals surface area contributed by atoms with Gasteiger partial charge in [-0.05, 0) is 63.5 Å². The Labute approximate surface area is 173 Å². The normalized spacial score (nSPS) is 20.9. The Balaban J connectivity index is 1.43.